The summed E-state index contributed by atoms with van der Waals surface area (Å²) in [5, 5.41) is 13.5. The number of halogens is 3. The van der Waals surface area contributed by atoms with Crippen LogP contribution in [0.1, 0.15) is 11.1 Å². The lowest BCUT2D eigenvalue weighted by Gasteiger charge is -2.11. The van der Waals surface area contributed by atoms with Crippen molar-refractivity contribution in [3.63, 3.8) is 0 Å². The fraction of sp³-hybridized carbons (Fsp3) is 0.133. The second-order valence-corrected chi connectivity index (χ2v) is 5.30. The summed E-state index contributed by atoms with van der Waals surface area (Å²) in [7, 11) is 0. The number of nitrogens with one attached hydrogen (secondary N) is 3. The number of nitro benzene ring substituents is 1. The maximum atomic E-state index is 13.0. The molecule has 0 atom stereocenters. The number of hydrogen-bond acceptors (Lipinski definition) is 4. The van der Waals surface area contributed by atoms with E-state index in [-0.39, 0.29) is 17.9 Å². The first-order valence-electron chi connectivity index (χ1n) is 7.04. The highest BCUT2D eigenvalue weighted by molar-refractivity contribution is 5.75. The van der Waals surface area contributed by atoms with Gasteiger partial charge in [-0.3, -0.25) is 10.1 Å². The molecule has 0 radical (unpaired) electrons. The molecule has 25 heavy (non-hydrogen) atoms. The molecule has 1 heterocycles. The highest BCUT2D eigenvalue weighted by atomic mass is 19.4. The van der Waals surface area contributed by atoms with Crippen LogP contribution in [-0.2, 0) is 12.7 Å². The van der Waals surface area contributed by atoms with Crippen molar-refractivity contribution in [1.82, 2.24) is 9.97 Å². The second kappa shape index (κ2) is 5.96. The molecule has 130 valence electrons. The maximum Gasteiger partial charge on any atom is 0.423 e. The number of hydrogen-bond donors (Lipinski definition) is 3. The van der Waals surface area contributed by atoms with Crippen LogP contribution in [0.4, 0.5) is 24.5 Å². The average molecular weight is 352 g/mol. The lowest BCUT2D eigenvalue weighted by molar-refractivity contribution is -0.388. The summed E-state index contributed by atoms with van der Waals surface area (Å²) in [6, 6.07) is 7.78. The SMILES string of the molecule is O=c1[nH]c2ccc(CNc3ccc([N+](=O)[O-])c(C(F)(F)F)c3)cc2[nH]1. The van der Waals surface area contributed by atoms with E-state index >= 15 is 0 Å². The van der Waals surface area contributed by atoms with Crippen LogP contribution >= 0.6 is 0 Å². The summed E-state index contributed by atoms with van der Waals surface area (Å²) >= 11 is 0. The third-order valence-electron chi connectivity index (χ3n) is 3.58. The second-order valence-electron chi connectivity index (χ2n) is 5.30. The highest BCUT2D eigenvalue weighted by Gasteiger charge is 2.38. The molecule has 0 saturated heterocycles. The van der Waals surface area contributed by atoms with Crippen molar-refractivity contribution in [3.8, 4) is 0 Å². The van der Waals surface area contributed by atoms with Crippen molar-refractivity contribution >= 4 is 22.4 Å². The standard InChI is InChI=1S/C15H11F3N4O3/c16-15(17,18)10-6-9(2-4-13(10)22(24)25)19-7-8-1-3-11-12(5-8)21-14(23)20-11/h1-6,19H,7H2,(H2,20,21,23). The van der Waals surface area contributed by atoms with Gasteiger partial charge in [0.1, 0.15) is 5.56 Å². The molecule has 0 spiro atoms. The lowest BCUT2D eigenvalue weighted by Crippen LogP contribution is -2.10. The van der Waals surface area contributed by atoms with Gasteiger partial charge in [-0.15, -0.1) is 0 Å². The van der Waals surface area contributed by atoms with Crippen molar-refractivity contribution in [2.24, 2.45) is 0 Å². The molecule has 7 nitrogen and oxygen atoms in total. The number of anilines is 1. The van der Waals surface area contributed by atoms with Crippen molar-refractivity contribution in [2.45, 2.75) is 12.7 Å². The molecule has 3 N–H and O–H groups in total. The summed E-state index contributed by atoms with van der Waals surface area (Å²) < 4.78 is 38.9. The van der Waals surface area contributed by atoms with Crippen molar-refractivity contribution in [2.75, 3.05) is 5.32 Å². The van der Waals surface area contributed by atoms with E-state index in [0.29, 0.717) is 17.1 Å². The number of aromatic nitrogens is 2. The zero-order chi connectivity index (χ0) is 18.2. The molecule has 2 aromatic carbocycles. The van der Waals surface area contributed by atoms with Crippen LogP contribution in [0.25, 0.3) is 11.0 Å². The molecule has 0 unspecified atom stereocenters. The van der Waals surface area contributed by atoms with Crippen LogP contribution in [-0.4, -0.2) is 14.9 Å². The number of rotatable bonds is 4. The third-order valence-corrected chi connectivity index (χ3v) is 3.58. The molecule has 0 amide bonds. The first kappa shape index (κ1) is 16.6. The third kappa shape index (κ3) is 3.47. The number of H-pyrrole nitrogens is 2. The summed E-state index contributed by atoms with van der Waals surface area (Å²) in [6.45, 7) is 0.179. The van der Waals surface area contributed by atoms with E-state index in [4.69, 9.17) is 0 Å². The Morgan fingerprint density at radius 1 is 1.08 bits per heavy atom. The van der Waals surface area contributed by atoms with Gasteiger partial charge < -0.3 is 15.3 Å². The minimum atomic E-state index is -4.83. The summed E-state index contributed by atoms with van der Waals surface area (Å²) in [6.07, 6.45) is -4.83. The van der Waals surface area contributed by atoms with Crippen molar-refractivity contribution < 1.29 is 18.1 Å². The van der Waals surface area contributed by atoms with Gasteiger partial charge in [-0.2, -0.15) is 13.2 Å². The van der Waals surface area contributed by atoms with Crippen molar-refractivity contribution in [3.05, 3.63) is 68.1 Å². The van der Waals surface area contributed by atoms with E-state index in [1.54, 1.807) is 18.2 Å². The van der Waals surface area contributed by atoms with E-state index in [9.17, 15) is 28.1 Å². The van der Waals surface area contributed by atoms with Gasteiger partial charge in [-0.1, -0.05) is 6.07 Å². The number of fused-ring (bicyclic) bond motifs is 1. The van der Waals surface area contributed by atoms with Crippen LogP contribution in [0.15, 0.2) is 41.2 Å². The molecule has 1 aromatic heterocycles. The fourth-order valence-corrected chi connectivity index (χ4v) is 2.43. The van der Waals surface area contributed by atoms with E-state index in [1.165, 1.54) is 6.07 Å². The molecule has 0 aliphatic heterocycles. The predicted octanol–water partition coefficient (Wildman–Crippen LogP) is 3.40. The topological polar surface area (TPSA) is 104 Å². The molecule has 0 aliphatic carbocycles. The minimum absolute atomic E-state index is 0.0978. The highest BCUT2D eigenvalue weighted by Crippen LogP contribution is 2.37. The van der Waals surface area contributed by atoms with Crippen LogP contribution in [0, 0.1) is 10.1 Å². The smallest absolute Gasteiger partial charge is 0.381 e. The molecule has 3 rings (SSSR count). The van der Waals surface area contributed by atoms with Crippen LogP contribution < -0.4 is 11.0 Å². The van der Waals surface area contributed by atoms with Gasteiger partial charge in [-0.25, -0.2) is 4.79 Å². The van der Waals surface area contributed by atoms with Gasteiger partial charge in [0, 0.05) is 18.3 Å². The Kier molecular flexibility index (Phi) is 3.95. The maximum absolute atomic E-state index is 13.0. The Bertz CT molecular complexity index is 1010. The summed E-state index contributed by atoms with van der Waals surface area (Å²) in [4.78, 5) is 26.0. The number of nitrogens with zero attached hydrogens (tertiary/aromatic N) is 1. The van der Waals surface area contributed by atoms with Gasteiger partial charge in [0.15, 0.2) is 0 Å². The van der Waals surface area contributed by atoms with Crippen LogP contribution in [0.3, 0.4) is 0 Å². The minimum Gasteiger partial charge on any atom is -0.381 e. The molecule has 0 saturated carbocycles. The predicted molar refractivity (Wildman–Crippen MR) is 84.3 cm³/mol. The Labute approximate surface area is 137 Å². The average Bonchev–Trinajstić information content (AvgIpc) is 2.91. The summed E-state index contributed by atoms with van der Waals surface area (Å²) in [5.74, 6) is 0. The quantitative estimate of drug-likeness (QED) is 0.494. The summed E-state index contributed by atoms with van der Waals surface area (Å²) in [5.41, 5.74) is -0.662. The number of alkyl halides is 3. The molecule has 0 bridgehead atoms. The van der Waals surface area contributed by atoms with Gasteiger partial charge in [0.05, 0.1) is 16.0 Å². The Balaban J connectivity index is 1.84. The van der Waals surface area contributed by atoms with Crippen molar-refractivity contribution in [1.29, 1.82) is 0 Å². The molecule has 3 aromatic rings. The molecule has 0 fully saturated rings. The molecular weight excluding hydrogens is 341 g/mol. The zero-order valence-electron chi connectivity index (χ0n) is 12.5. The normalized spacial score (nSPS) is 11.6. The van der Waals surface area contributed by atoms with Gasteiger partial charge in [0.2, 0.25) is 0 Å². The molecular formula is C15H11F3N4O3. The largest absolute Gasteiger partial charge is 0.423 e. The zero-order valence-corrected chi connectivity index (χ0v) is 12.5. The lowest BCUT2D eigenvalue weighted by atomic mass is 10.1. The van der Waals surface area contributed by atoms with Gasteiger partial charge >= 0.3 is 11.9 Å². The fourth-order valence-electron chi connectivity index (χ4n) is 2.43. The van der Waals surface area contributed by atoms with Crippen LogP contribution in [0.5, 0.6) is 0 Å². The van der Waals surface area contributed by atoms with E-state index in [0.717, 1.165) is 11.6 Å². The number of aromatic amines is 2. The van der Waals surface area contributed by atoms with E-state index in [1.807, 2.05) is 0 Å². The van der Waals surface area contributed by atoms with Crippen LogP contribution in [0.2, 0.25) is 0 Å². The number of imidazole rings is 1. The first-order valence-corrected chi connectivity index (χ1v) is 7.04. The Morgan fingerprint density at radius 3 is 2.48 bits per heavy atom. The molecule has 0 aliphatic rings. The van der Waals surface area contributed by atoms with Gasteiger partial charge in [0.25, 0.3) is 5.69 Å². The van der Waals surface area contributed by atoms with E-state index < -0.39 is 22.4 Å². The monoisotopic (exact) mass is 352 g/mol. The number of benzene rings is 2. The van der Waals surface area contributed by atoms with E-state index in [2.05, 4.69) is 15.3 Å². The number of nitro groups is 1. The Hall–Kier alpha value is -3.30. The Morgan fingerprint density at radius 2 is 1.80 bits per heavy atom. The first-order chi connectivity index (χ1) is 11.7. The van der Waals surface area contributed by atoms with Gasteiger partial charge in [-0.05, 0) is 29.8 Å². The molecule has 10 heteroatoms.